The quantitative estimate of drug-likeness (QED) is 0.767. The van der Waals surface area contributed by atoms with Gasteiger partial charge in [-0.2, -0.15) is 0 Å². The first kappa shape index (κ1) is 9.66. The lowest BCUT2D eigenvalue weighted by molar-refractivity contribution is 0.149. The van der Waals surface area contributed by atoms with Gasteiger partial charge in [0.05, 0.1) is 5.60 Å². The van der Waals surface area contributed by atoms with E-state index in [1.807, 2.05) is 19.1 Å². The first-order valence-electron chi connectivity index (χ1n) is 4.98. The molecule has 0 aromatic heterocycles. The van der Waals surface area contributed by atoms with Crippen LogP contribution < -0.4 is 0 Å². The van der Waals surface area contributed by atoms with Crippen LogP contribution in [0.4, 0.5) is 4.39 Å². The molecule has 2 rings (SSSR count). The number of hydrogen-bond donors (Lipinski definition) is 1. The van der Waals surface area contributed by atoms with Crippen molar-refractivity contribution in [2.24, 2.45) is 0 Å². The normalized spacial score (nSPS) is 18.3. The molecule has 1 aliphatic carbocycles. The Kier molecular flexibility index (Phi) is 2.11. The molecule has 14 heavy (non-hydrogen) atoms. The number of halogens is 1. The fourth-order valence-electron chi connectivity index (χ4n) is 1.84. The van der Waals surface area contributed by atoms with E-state index in [1.54, 1.807) is 6.92 Å². The van der Waals surface area contributed by atoms with E-state index in [0.717, 1.165) is 18.4 Å². The fourth-order valence-corrected chi connectivity index (χ4v) is 1.84. The molecule has 1 aromatic rings. The Bertz CT molecular complexity index is 367. The van der Waals surface area contributed by atoms with Crippen molar-refractivity contribution in [3.63, 3.8) is 0 Å². The number of aliphatic hydroxyl groups is 1. The second kappa shape index (κ2) is 3.06. The summed E-state index contributed by atoms with van der Waals surface area (Å²) < 4.78 is 13.6. The smallest absolute Gasteiger partial charge is 0.129 e. The van der Waals surface area contributed by atoms with Crippen LogP contribution in [0.5, 0.6) is 0 Å². The van der Waals surface area contributed by atoms with E-state index in [9.17, 15) is 9.50 Å². The number of rotatable bonds is 2. The third kappa shape index (κ3) is 1.80. The van der Waals surface area contributed by atoms with E-state index < -0.39 is 5.60 Å². The molecule has 76 valence electrons. The van der Waals surface area contributed by atoms with Gasteiger partial charge in [-0.05, 0) is 37.8 Å². The van der Waals surface area contributed by atoms with Crippen LogP contribution in [-0.4, -0.2) is 10.7 Å². The number of benzene rings is 1. The van der Waals surface area contributed by atoms with Gasteiger partial charge in [-0.15, -0.1) is 0 Å². The minimum absolute atomic E-state index is 0.157. The van der Waals surface area contributed by atoms with Gasteiger partial charge < -0.3 is 5.11 Å². The van der Waals surface area contributed by atoms with Gasteiger partial charge in [0.1, 0.15) is 5.82 Å². The zero-order valence-electron chi connectivity index (χ0n) is 8.60. The maximum absolute atomic E-state index is 13.6. The Hall–Kier alpha value is -0.890. The highest BCUT2D eigenvalue weighted by molar-refractivity contribution is 5.32. The predicted molar refractivity (Wildman–Crippen MR) is 53.8 cm³/mol. The maximum atomic E-state index is 13.6. The first-order chi connectivity index (χ1) is 6.50. The van der Waals surface area contributed by atoms with Gasteiger partial charge in [0, 0.05) is 6.42 Å². The lowest BCUT2D eigenvalue weighted by Crippen LogP contribution is -2.12. The van der Waals surface area contributed by atoms with Gasteiger partial charge in [-0.3, -0.25) is 0 Å². The Balaban J connectivity index is 2.32. The summed E-state index contributed by atoms with van der Waals surface area (Å²) in [5.41, 5.74) is 1.77. The molecule has 0 bridgehead atoms. The van der Waals surface area contributed by atoms with Crippen molar-refractivity contribution in [3.05, 3.63) is 34.6 Å². The largest absolute Gasteiger partial charge is 0.390 e. The van der Waals surface area contributed by atoms with Crippen molar-refractivity contribution in [2.75, 3.05) is 0 Å². The van der Waals surface area contributed by atoms with E-state index in [-0.39, 0.29) is 5.82 Å². The van der Waals surface area contributed by atoms with Crippen LogP contribution in [0.2, 0.25) is 0 Å². The van der Waals surface area contributed by atoms with Gasteiger partial charge >= 0.3 is 0 Å². The first-order valence-corrected chi connectivity index (χ1v) is 4.98. The molecule has 0 heterocycles. The van der Waals surface area contributed by atoms with Crippen LogP contribution in [0, 0.1) is 19.7 Å². The van der Waals surface area contributed by atoms with Crippen molar-refractivity contribution in [2.45, 2.75) is 38.7 Å². The molecule has 1 aliphatic rings. The summed E-state index contributed by atoms with van der Waals surface area (Å²) in [7, 11) is 0. The molecule has 0 amide bonds. The molecular weight excluding hydrogens is 179 g/mol. The molecule has 1 saturated carbocycles. The van der Waals surface area contributed by atoms with Crippen LogP contribution >= 0.6 is 0 Å². The predicted octanol–water partition coefficient (Wildman–Crippen LogP) is 2.51. The Morgan fingerprint density at radius 2 is 2.00 bits per heavy atom. The molecule has 1 aromatic carbocycles. The summed E-state index contributed by atoms with van der Waals surface area (Å²) in [5, 5.41) is 9.72. The van der Waals surface area contributed by atoms with Crippen LogP contribution in [0.25, 0.3) is 0 Å². The molecule has 0 unspecified atom stereocenters. The maximum Gasteiger partial charge on any atom is 0.129 e. The van der Waals surface area contributed by atoms with Gasteiger partial charge in [-0.1, -0.05) is 17.7 Å². The van der Waals surface area contributed by atoms with Crippen molar-refractivity contribution in [3.8, 4) is 0 Å². The average molecular weight is 194 g/mol. The minimum atomic E-state index is -0.610. The molecule has 0 saturated heterocycles. The molecule has 0 radical (unpaired) electrons. The van der Waals surface area contributed by atoms with E-state index in [0.29, 0.717) is 17.5 Å². The highest BCUT2D eigenvalue weighted by Crippen LogP contribution is 2.39. The Morgan fingerprint density at radius 3 is 2.57 bits per heavy atom. The van der Waals surface area contributed by atoms with Crippen molar-refractivity contribution in [1.82, 2.24) is 0 Å². The van der Waals surface area contributed by atoms with Gasteiger partial charge in [0.25, 0.3) is 0 Å². The van der Waals surface area contributed by atoms with Crippen LogP contribution in [-0.2, 0) is 6.42 Å². The highest BCUT2D eigenvalue weighted by atomic mass is 19.1. The molecule has 0 aliphatic heterocycles. The molecule has 1 nitrogen and oxygen atoms in total. The van der Waals surface area contributed by atoms with E-state index in [1.165, 1.54) is 0 Å². The zero-order valence-corrected chi connectivity index (χ0v) is 8.60. The third-order valence-corrected chi connectivity index (χ3v) is 2.82. The average Bonchev–Trinajstić information content (AvgIpc) is 2.79. The van der Waals surface area contributed by atoms with Crippen molar-refractivity contribution in [1.29, 1.82) is 0 Å². The van der Waals surface area contributed by atoms with Gasteiger partial charge in [0.15, 0.2) is 0 Å². The second-order valence-electron chi connectivity index (χ2n) is 4.46. The zero-order chi connectivity index (χ0) is 10.3. The molecule has 1 N–H and O–H groups in total. The molecule has 0 atom stereocenters. The van der Waals surface area contributed by atoms with Crippen LogP contribution in [0.15, 0.2) is 12.1 Å². The number of aryl methyl sites for hydroxylation is 2. The summed E-state index contributed by atoms with van der Waals surface area (Å²) in [6.45, 7) is 3.72. The SMILES string of the molecule is Cc1cc(C)c(F)c(CC2(O)CC2)c1. The summed E-state index contributed by atoms with van der Waals surface area (Å²) in [5.74, 6) is -0.157. The summed E-state index contributed by atoms with van der Waals surface area (Å²) >= 11 is 0. The summed E-state index contributed by atoms with van der Waals surface area (Å²) in [6, 6.07) is 3.66. The monoisotopic (exact) mass is 194 g/mol. The second-order valence-corrected chi connectivity index (χ2v) is 4.46. The van der Waals surface area contributed by atoms with Gasteiger partial charge in [0.2, 0.25) is 0 Å². The van der Waals surface area contributed by atoms with E-state index >= 15 is 0 Å². The Labute approximate surface area is 83.6 Å². The standard InChI is InChI=1S/C12H15FO/c1-8-5-9(2)11(13)10(6-8)7-12(14)3-4-12/h5-6,14H,3-4,7H2,1-2H3. The third-order valence-electron chi connectivity index (χ3n) is 2.82. The summed E-state index contributed by atoms with van der Waals surface area (Å²) in [6.07, 6.45) is 2.07. The molecular formula is C12H15FO. The Morgan fingerprint density at radius 1 is 1.36 bits per heavy atom. The van der Waals surface area contributed by atoms with Crippen LogP contribution in [0.3, 0.4) is 0 Å². The van der Waals surface area contributed by atoms with Gasteiger partial charge in [-0.25, -0.2) is 4.39 Å². The summed E-state index contributed by atoms with van der Waals surface area (Å²) in [4.78, 5) is 0. The number of hydrogen-bond acceptors (Lipinski definition) is 1. The lowest BCUT2D eigenvalue weighted by Gasteiger charge is -2.11. The van der Waals surface area contributed by atoms with Crippen molar-refractivity contribution < 1.29 is 9.50 Å². The topological polar surface area (TPSA) is 20.2 Å². The lowest BCUT2D eigenvalue weighted by atomic mass is 10.0. The minimum Gasteiger partial charge on any atom is -0.390 e. The van der Waals surface area contributed by atoms with E-state index in [2.05, 4.69) is 0 Å². The van der Waals surface area contributed by atoms with Crippen LogP contribution in [0.1, 0.15) is 29.5 Å². The highest BCUT2D eigenvalue weighted by Gasteiger charge is 2.40. The fraction of sp³-hybridized carbons (Fsp3) is 0.500. The molecule has 1 fully saturated rings. The van der Waals surface area contributed by atoms with Crippen molar-refractivity contribution >= 4 is 0 Å². The van der Waals surface area contributed by atoms with E-state index in [4.69, 9.17) is 0 Å². The molecule has 2 heteroatoms. The molecule has 0 spiro atoms.